The standard InChI is InChI=1S/C12H17N3/c1-4-8-5-6-9-10(7-8)15-11(14-9)12(2,3)13/h5-7H,4,13H2,1-3H3,(H,14,15). The van der Waals surface area contributed by atoms with Crippen LogP contribution in [0.15, 0.2) is 18.2 Å². The van der Waals surface area contributed by atoms with Gasteiger partial charge in [-0.05, 0) is 38.0 Å². The van der Waals surface area contributed by atoms with Gasteiger partial charge in [0.05, 0.1) is 16.6 Å². The van der Waals surface area contributed by atoms with Crippen LogP contribution in [0.3, 0.4) is 0 Å². The number of fused-ring (bicyclic) bond motifs is 1. The van der Waals surface area contributed by atoms with Crippen LogP contribution in [0, 0.1) is 0 Å². The number of nitrogens with one attached hydrogen (secondary N) is 1. The Kier molecular flexibility index (Phi) is 2.27. The largest absolute Gasteiger partial charge is 0.340 e. The zero-order valence-corrected chi connectivity index (χ0v) is 9.46. The molecular weight excluding hydrogens is 186 g/mol. The highest BCUT2D eigenvalue weighted by Crippen LogP contribution is 2.19. The quantitative estimate of drug-likeness (QED) is 0.787. The third kappa shape index (κ3) is 1.88. The summed E-state index contributed by atoms with van der Waals surface area (Å²) in [5.41, 5.74) is 8.96. The second-order valence-corrected chi connectivity index (χ2v) is 4.51. The smallest absolute Gasteiger partial charge is 0.126 e. The van der Waals surface area contributed by atoms with E-state index >= 15 is 0 Å². The molecule has 1 aromatic carbocycles. The van der Waals surface area contributed by atoms with Crippen LogP contribution in [0.25, 0.3) is 11.0 Å². The fourth-order valence-corrected chi connectivity index (χ4v) is 1.58. The van der Waals surface area contributed by atoms with Crippen molar-refractivity contribution in [3.05, 3.63) is 29.6 Å². The molecule has 0 atom stereocenters. The Morgan fingerprint density at radius 2 is 2.13 bits per heavy atom. The number of nitrogens with zero attached hydrogens (tertiary/aromatic N) is 1. The van der Waals surface area contributed by atoms with Crippen LogP contribution in [-0.2, 0) is 12.0 Å². The van der Waals surface area contributed by atoms with Crippen molar-refractivity contribution in [2.24, 2.45) is 5.73 Å². The zero-order chi connectivity index (χ0) is 11.1. The number of benzene rings is 1. The number of aromatic nitrogens is 2. The monoisotopic (exact) mass is 203 g/mol. The maximum atomic E-state index is 6.00. The van der Waals surface area contributed by atoms with E-state index in [1.807, 2.05) is 19.9 Å². The second-order valence-electron chi connectivity index (χ2n) is 4.51. The SMILES string of the molecule is CCc1ccc2nc(C(C)(C)N)[nH]c2c1. The molecule has 0 bridgehead atoms. The summed E-state index contributed by atoms with van der Waals surface area (Å²) >= 11 is 0. The summed E-state index contributed by atoms with van der Waals surface area (Å²) in [6.07, 6.45) is 1.04. The lowest BCUT2D eigenvalue weighted by molar-refractivity contribution is 0.522. The highest BCUT2D eigenvalue weighted by Gasteiger charge is 2.18. The van der Waals surface area contributed by atoms with Crippen molar-refractivity contribution in [2.75, 3.05) is 0 Å². The van der Waals surface area contributed by atoms with Crippen molar-refractivity contribution in [1.29, 1.82) is 0 Å². The van der Waals surface area contributed by atoms with E-state index in [-0.39, 0.29) is 0 Å². The topological polar surface area (TPSA) is 54.7 Å². The summed E-state index contributed by atoms with van der Waals surface area (Å²) in [4.78, 5) is 7.75. The van der Waals surface area contributed by atoms with Gasteiger partial charge in [0.25, 0.3) is 0 Å². The Morgan fingerprint density at radius 1 is 1.40 bits per heavy atom. The van der Waals surface area contributed by atoms with Crippen LogP contribution in [0.4, 0.5) is 0 Å². The van der Waals surface area contributed by atoms with Crippen molar-refractivity contribution < 1.29 is 0 Å². The molecule has 3 nitrogen and oxygen atoms in total. The maximum Gasteiger partial charge on any atom is 0.126 e. The van der Waals surface area contributed by atoms with E-state index in [0.29, 0.717) is 0 Å². The van der Waals surface area contributed by atoms with Crippen LogP contribution >= 0.6 is 0 Å². The Labute approximate surface area is 89.7 Å². The van der Waals surface area contributed by atoms with Crippen LogP contribution in [0.5, 0.6) is 0 Å². The molecule has 0 saturated heterocycles. The Balaban J connectivity index is 2.56. The molecule has 0 radical (unpaired) electrons. The summed E-state index contributed by atoms with van der Waals surface area (Å²) in [7, 11) is 0. The van der Waals surface area contributed by atoms with Crippen LogP contribution in [-0.4, -0.2) is 9.97 Å². The highest BCUT2D eigenvalue weighted by molar-refractivity contribution is 5.76. The number of aryl methyl sites for hydroxylation is 1. The number of rotatable bonds is 2. The molecule has 1 aromatic heterocycles. The Morgan fingerprint density at radius 3 is 2.73 bits per heavy atom. The van der Waals surface area contributed by atoms with E-state index in [1.54, 1.807) is 0 Å². The van der Waals surface area contributed by atoms with Gasteiger partial charge in [0, 0.05) is 0 Å². The lowest BCUT2D eigenvalue weighted by atomic mass is 10.1. The molecule has 0 fully saturated rings. The van der Waals surface area contributed by atoms with Crippen molar-refractivity contribution in [1.82, 2.24) is 9.97 Å². The Hall–Kier alpha value is -1.35. The van der Waals surface area contributed by atoms with Crippen LogP contribution < -0.4 is 5.73 Å². The number of aromatic amines is 1. The van der Waals surface area contributed by atoms with E-state index in [4.69, 9.17) is 5.73 Å². The van der Waals surface area contributed by atoms with Gasteiger partial charge in [-0.2, -0.15) is 0 Å². The minimum Gasteiger partial charge on any atom is -0.340 e. The first-order chi connectivity index (χ1) is 7.00. The van der Waals surface area contributed by atoms with Crippen LogP contribution in [0.2, 0.25) is 0 Å². The van der Waals surface area contributed by atoms with E-state index in [0.717, 1.165) is 23.3 Å². The summed E-state index contributed by atoms with van der Waals surface area (Å²) in [6.45, 7) is 6.04. The molecule has 0 spiro atoms. The predicted octanol–water partition coefficient (Wildman–Crippen LogP) is 2.32. The van der Waals surface area contributed by atoms with Gasteiger partial charge in [-0.25, -0.2) is 4.98 Å². The minimum absolute atomic E-state index is 0.411. The molecule has 0 amide bonds. The molecule has 0 saturated carbocycles. The van der Waals surface area contributed by atoms with Crippen molar-refractivity contribution >= 4 is 11.0 Å². The molecule has 3 N–H and O–H groups in total. The third-order valence-electron chi connectivity index (χ3n) is 2.56. The van der Waals surface area contributed by atoms with Gasteiger partial charge in [-0.1, -0.05) is 13.0 Å². The highest BCUT2D eigenvalue weighted by atomic mass is 15.0. The summed E-state index contributed by atoms with van der Waals surface area (Å²) < 4.78 is 0. The summed E-state index contributed by atoms with van der Waals surface area (Å²) in [5.74, 6) is 0.839. The summed E-state index contributed by atoms with van der Waals surface area (Å²) in [6, 6.07) is 6.29. The van der Waals surface area contributed by atoms with E-state index in [9.17, 15) is 0 Å². The first kappa shape index (κ1) is 10.2. The van der Waals surface area contributed by atoms with E-state index in [2.05, 4.69) is 29.0 Å². The van der Waals surface area contributed by atoms with Crippen LogP contribution in [0.1, 0.15) is 32.2 Å². The third-order valence-corrected chi connectivity index (χ3v) is 2.56. The van der Waals surface area contributed by atoms with E-state index in [1.165, 1.54) is 5.56 Å². The fourth-order valence-electron chi connectivity index (χ4n) is 1.58. The van der Waals surface area contributed by atoms with Gasteiger partial charge in [0.2, 0.25) is 0 Å². The Bertz CT molecular complexity index is 477. The molecular formula is C12H17N3. The molecule has 15 heavy (non-hydrogen) atoms. The first-order valence-corrected chi connectivity index (χ1v) is 5.28. The molecule has 80 valence electrons. The van der Waals surface area contributed by atoms with Crippen molar-refractivity contribution in [2.45, 2.75) is 32.7 Å². The lowest BCUT2D eigenvalue weighted by Crippen LogP contribution is -2.30. The van der Waals surface area contributed by atoms with E-state index < -0.39 is 5.54 Å². The number of hydrogen-bond acceptors (Lipinski definition) is 2. The van der Waals surface area contributed by atoms with Gasteiger partial charge in [-0.15, -0.1) is 0 Å². The number of hydrogen-bond donors (Lipinski definition) is 2. The molecule has 1 heterocycles. The van der Waals surface area contributed by atoms with Crippen molar-refractivity contribution in [3.63, 3.8) is 0 Å². The second kappa shape index (κ2) is 3.35. The van der Waals surface area contributed by atoms with Gasteiger partial charge in [0.1, 0.15) is 5.82 Å². The average Bonchev–Trinajstić information content (AvgIpc) is 2.59. The lowest BCUT2D eigenvalue weighted by Gasteiger charge is -2.13. The molecule has 2 aromatic rings. The van der Waals surface area contributed by atoms with Gasteiger partial charge in [0.15, 0.2) is 0 Å². The average molecular weight is 203 g/mol. The van der Waals surface area contributed by atoms with Gasteiger partial charge < -0.3 is 10.7 Å². The molecule has 2 rings (SSSR count). The summed E-state index contributed by atoms with van der Waals surface area (Å²) in [5, 5.41) is 0. The molecule has 0 aliphatic rings. The number of nitrogens with two attached hydrogens (primary N) is 1. The molecule has 3 heteroatoms. The predicted molar refractivity (Wildman–Crippen MR) is 62.7 cm³/mol. The number of H-pyrrole nitrogens is 1. The minimum atomic E-state index is -0.411. The molecule has 0 aliphatic carbocycles. The normalized spacial score (nSPS) is 12.3. The number of imidazole rings is 1. The molecule has 0 unspecified atom stereocenters. The maximum absolute atomic E-state index is 6.00. The van der Waals surface area contributed by atoms with Crippen molar-refractivity contribution in [3.8, 4) is 0 Å². The van der Waals surface area contributed by atoms with Gasteiger partial charge >= 0.3 is 0 Å². The zero-order valence-electron chi connectivity index (χ0n) is 9.46. The fraction of sp³-hybridized carbons (Fsp3) is 0.417. The molecule has 0 aliphatic heterocycles. The first-order valence-electron chi connectivity index (χ1n) is 5.28. The van der Waals surface area contributed by atoms with Gasteiger partial charge in [-0.3, -0.25) is 0 Å².